The maximum Gasteiger partial charge on any atom is 0.270 e. The number of carbonyl (C=O) groups is 1. The highest BCUT2D eigenvalue weighted by Gasteiger charge is 2.28. The topological polar surface area (TPSA) is 75.5 Å². The van der Waals surface area contributed by atoms with Crippen LogP contribution in [0.3, 0.4) is 0 Å². The van der Waals surface area contributed by atoms with E-state index in [4.69, 9.17) is 11.6 Å². The second kappa shape index (κ2) is 6.88. The minimum Gasteiger partial charge on any atom is -0.380 e. The lowest BCUT2D eigenvalue weighted by Crippen LogP contribution is -2.31. The van der Waals surface area contributed by atoms with E-state index in [2.05, 4.69) is 5.32 Å². The fraction of sp³-hybridized carbons (Fsp3) is 0.235. The largest absolute Gasteiger partial charge is 0.380 e. The molecule has 124 valence electrons. The Morgan fingerprint density at radius 1 is 1.25 bits per heavy atom. The summed E-state index contributed by atoms with van der Waals surface area (Å²) in [6.45, 7) is 1.12. The van der Waals surface area contributed by atoms with Crippen LogP contribution in [0.15, 0.2) is 48.5 Å². The number of nitro groups is 1. The molecule has 1 aliphatic heterocycles. The first-order valence-electron chi connectivity index (χ1n) is 7.59. The van der Waals surface area contributed by atoms with Gasteiger partial charge in [0.05, 0.1) is 15.5 Å². The smallest absolute Gasteiger partial charge is 0.270 e. The van der Waals surface area contributed by atoms with Gasteiger partial charge >= 0.3 is 0 Å². The van der Waals surface area contributed by atoms with Crippen LogP contribution in [0.25, 0.3) is 0 Å². The van der Waals surface area contributed by atoms with Crippen molar-refractivity contribution in [3.8, 4) is 0 Å². The van der Waals surface area contributed by atoms with Gasteiger partial charge in [0.1, 0.15) is 0 Å². The van der Waals surface area contributed by atoms with Gasteiger partial charge in [-0.25, -0.2) is 0 Å². The van der Waals surface area contributed by atoms with Crippen molar-refractivity contribution in [2.75, 3.05) is 18.4 Å². The summed E-state index contributed by atoms with van der Waals surface area (Å²) < 4.78 is 0. The molecule has 0 aliphatic carbocycles. The molecule has 0 radical (unpaired) electrons. The first kappa shape index (κ1) is 16.3. The number of para-hydroxylation sites is 1. The third kappa shape index (κ3) is 3.49. The normalized spacial score (nSPS) is 16.9. The molecular formula is C17H16ClN3O3. The van der Waals surface area contributed by atoms with Crippen molar-refractivity contribution in [2.24, 2.45) is 0 Å². The molecule has 2 aromatic carbocycles. The second-order valence-corrected chi connectivity index (χ2v) is 6.08. The summed E-state index contributed by atoms with van der Waals surface area (Å²) in [7, 11) is 0. The van der Waals surface area contributed by atoms with Crippen molar-refractivity contribution in [1.82, 2.24) is 4.90 Å². The lowest BCUT2D eigenvalue weighted by molar-refractivity contribution is -0.384. The zero-order valence-electron chi connectivity index (χ0n) is 12.8. The predicted octanol–water partition coefficient (Wildman–Crippen LogP) is 3.57. The van der Waals surface area contributed by atoms with Crippen LogP contribution in [0, 0.1) is 10.1 Å². The summed E-state index contributed by atoms with van der Waals surface area (Å²) in [5.74, 6) is -0.277. The number of benzene rings is 2. The van der Waals surface area contributed by atoms with Crippen molar-refractivity contribution < 1.29 is 9.72 Å². The highest BCUT2D eigenvalue weighted by atomic mass is 35.5. The van der Waals surface area contributed by atoms with Gasteiger partial charge in [-0.2, -0.15) is 0 Å². The number of nitrogens with one attached hydrogen (secondary N) is 1. The van der Waals surface area contributed by atoms with Crippen molar-refractivity contribution in [3.63, 3.8) is 0 Å². The van der Waals surface area contributed by atoms with E-state index in [-0.39, 0.29) is 28.2 Å². The van der Waals surface area contributed by atoms with E-state index in [0.717, 1.165) is 12.1 Å². The quantitative estimate of drug-likeness (QED) is 0.679. The molecule has 1 atom stereocenters. The monoisotopic (exact) mass is 345 g/mol. The molecule has 0 saturated carbocycles. The maximum atomic E-state index is 12.6. The van der Waals surface area contributed by atoms with Crippen molar-refractivity contribution in [2.45, 2.75) is 12.5 Å². The number of nitro benzene ring substituents is 1. The van der Waals surface area contributed by atoms with Crippen LogP contribution in [0.2, 0.25) is 5.02 Å². The molecule has 0 bridgehead atoms. The van der Waals surface area contributed by atoms with E-state index in [1.165, 1.54) is 18.2 Å². The molecule has 6 nitrogen and oxygen atoms in total. The summed E-state index contributed by atoms with van der Waals surface area (Å²) >= 11 is 6.05. The summed E-state index contributed by atoms with van der Waals surface area (Å²) in [4.78, 5) is 24.7. The third-order valence-corrected chi connectivity index (χ3v) is 4.34. The first-order valence-corrected chi connectivity index (χ1v) is 7.97. The highest BCUT2D eigenvalue weighted by molar-refractivity contribution is 6.33. The molecule has 1 unspecified atom stereocenters. The van der Waals surface area contributed by atoms with Gasteiger partial charge in [-0.1, -0.05) is 29.8 Å². The molecule has 3 rings (SSSR count). The summed E-state index contributed by atoms with van der Waals surface area (Å²) in [6, 6.07) is 13.9. The van der Waals surface area contributed by atoms with Crippen LogP contribution in [-0.2, 0) is 0 Å². The number of hydrogen-bond donors (Lipinski definition) is 1. The van der Waals surface area contributed by atoms with Crippen LogP contribution in [-0.4, -0.2) is 34.9 Å². The van der Waals surface area contributed by atoms with E-state index in [1.54, 1.807) is 4.90 Å². The SMILES string of the molecule is O=C(c1cc([N+](=O)[O-])ccc1Cl)N1CCC(Nc2ccccc2)C1. The molecular weight excluding hydrogens is 330 g/mol. The summed E-state index contributed by atoms with van der Waals surface area (Å²) in [5, 5.41) is 14.5. The Kier molecular flexibility index (Phi) is 4.66. The number of hydrogen-bond acceptors (Lipinski definition) is 4. The maximum absolute atomic E-state index is 12.6. The minimum absolute atomic E-state index is 0.138. The number of carbonyl (C=O) groups excluding carboxylic acids is 1. The Bertz CT molecular complexity index is 767. The van der Waals surface area contributed by atoms with Crippen LogP contribution in [0.5, 0.6) is 0 Å². The fourth-order valence-corrected chi connectivity index (χ4v) is 2.99. The van der Waals surface area contributed by atoms with E-state index in [1.807, 2.05) is 30.3 Å². The van der Waals surface area contributed by atoms with Gasteiger partial charge in [0.2, 0.25) is 0 Å². The third-order valence-electron chi connectivity index (χ3n) is 4.01. The van der Waals surface area contributed by atoms with Crippen molar-refractivity contribution in [1.29, 1.82) is 0 Å². The molecule has 1 N–H and O–H groups in total. The molecule has 1 fully saturated rings. The van der Waals surface area contributed by atoms with Crippen molar-refractivity contribution >= 4 is 28.9 Å². The molecule has 2 aromatic rings. The highest BCUT2D eigenvalue weighted by Crippen LogP contribution is 2.25. The molecule has 1 saturated heterocycles. The number of rotatable bonds is 4. The van der Waals surface area contributed by atoms with Gasteiger partial charge < -0.3 is 10.2 Å². The fourth-order valence-electron chi connectivity index (χ4n) is 2.79. The van der Waals surface area contributed by atoms with Crippen molar-refractivity contribution in [3.05, 3.63) is 69.2 Å². The Hall–Kier alpha value is -2.60. The van der Waals surface area contributed by atoms with Gasteiger partial charge in [0.15, 0.2) is 0 Å². The van der Waals surface area contributed by atoms with Crippen LogP contribution < -0.4 is 5.32 Å². The van der Waals surface area contributed by atoms with Gasteiger partial charge in [0, 0.05) is 37.0 Å². The summed E-state index contributed by atoms with van der Waals surface area (Å²) in [6.07, 6.45) is 0.813. The Labute approximate surface area is 144 Å². The standard InChI is InChI=1S/C17H16ClN3O3/c18-16-7-6-14(21(23)24)10-15(16)17(22)20-9-8-13(11-20)19-12-4-2-1-3-5-12/h1-7,10,13,19H,8-9,11H2. The number of likely N-dealkylation sites (tertiary alicyclic amines) is 1. The lowest BCUT2D eigenvalue weighted by Gasteiger charge is -2.18. The molecule has 24 heavy (non-hydrogen) atoms. The average Bonchev–Trinajstić information content (AvgIpc) is 3.04. The van der Waals surface area contributed by atoms with Gasteiger partial charge in [-0.05, 0) is 24.6 Å². The van der Waals surface area contributed by atoms with E-state index < -0.39 is 4.92 Å². The van der Waals surface area contributed by atoms with Gasteiger partial charge in [0.25, 0.3) is 11.6 Å². The predicted molar refractivity (Wildman–Crippen MR) is 92.5 cm³/mol. The molecule has 7 heteroatoms. The average molecular weight is 346 g/mol. The Morgan fingerprint density at radius 3 is 2.71 bits per heavy atom. The molecule has 1 aliphatic rings. The van der Waals surface area contributed by atoms with Crippen LogP contribution in [0.1, 0.15) is 16.8 Å². The van der Waals surface area contributed by atoms with Crippen LogP contribution >= 0.6 is 11.6 Å². The van der Waals surface area contributed by atoms with E-state index in [0.29, 0.717) is 13.1 Å². The Balaban J connectivity index is 1.70. The van der Waals surface area contributed by atoms with E-state index in [9.17, 15) is 14.9 Å². The molecule has 0 spiro atoms. The summed E-state index contributed by atoms with van der Waals surface area (Å²) in [5.41, 5.74) is 1.04. The molecule has 0 aromatic heterocycles. The van der Waals surface area contributed by atoms with Gasteiger partial charge in [-0.15, -0.1) is 0 Å². The zero-order chi connectivity index (χ0) is 17.1. The Morgan fingerprint density at radius 2 is 2.00 bits per heavy atom. The number of non-ortho nitro benzene ring substituents is 1. The second-order valence-electron chi connectivity index (χ2n) is 5.67. The molecule has 1 heterocycles. The number of anilines is 1. The first-order chi connectivity index (χ1) is 11.5. The minimum atomic E-state index is -0.531. The zero-order valence-corrected chi connectivity index (χ0v) is 13.6. The number of nitrogens with zero attached hydrogens (tertiary/aromatic N) is 2. The van der Waals surface area contributed by atoms with E-state index >= 15 is 0 Å². The number of amides is 1. The van der Waals surface area contributed by atoms with Gasteiger partial charge in [-0.3, -0.25) is 14.9 Å². The molecule has 1 amide bonds. The lowest BCUT2D eigenvalue weighted by atomic mass is 10.1. The number of halogens is 1. The van der Waals surface area contributed by atoms with Crippen LogP contribution in [0.4, 0.5) is 11.4 Å².